The van der Waals surface area contributed by atoms with Crippen molar-refractivity contribution >= 4 is 29.2 Å². The van der Waals surface area contributed by atoms with Crippen LogP contribution in [-0.2, 0) is 0 Å². The van der Waals surface area contributed by atoms with Crippen molar-refractivity contribution in [1.82, 2.24) is 10.2 Å². The quantitative estimate of drug-likeness (QED) is 0.768. The molecule has 2 aromatic rings. The fraction of sp³-hybridized carbons (Fsp3) is 0.364. The van der Waals surface area contributed by atoms with Crippen molar-refractivity contribution in [2.24, 2.45) is 0 Å². The topological polar surface area (TPSA) is 61.4 Å². The van der Waals surface area contributed by atoms with E-state index in [1.54, 1.807) is 30.3 Å². The SMILES string of the molecule is CC(C)NC(=O)N1CCCC(c2cccc(C(=O)Nc3ccc(Cl)cc3)c2)C1. The van der Waals surface area contributed by atoms with Crippen LogP contribution in [-0.4, -0.2) is 36.0 Å². The van der Waals surface area contributed by atoms with Crippen molar-refractivity contribution in [3.05, 3.63) is 64.7 Å². The molecule has 3 rings (SSSR count). The van der Waals surface area contributed by atoms with Crippen molar-refractivity contribution in [2.45, 2.75) is 38.6 Å². The second kappa shape index (κ2) is 9.11. The number of anilines is 1. The van der Waals surface area contributed by atoms with Gasteiger partial charge in [-0.05, 0) is 68.7 Å². The summed E-state index contributed by atoms with van der Waals surface area (Å²) in [4.78, 5) is 26.8. The molecule has 0 spiro atoms. The summed E-state index contributed by atoms with van der Waals surface area (Å²) in [5.74, 6) is 0.0735. The molecular formula is C22H26ClN3O2. The van der Waals surface area contributed by atoms with E-state index in [4.69, 9.17) is 11.6 Å². The smallest absolute Gasteiger partial charge is 0.317 e. The Hall–Kier alpha value is -2.53. The minimum absolute atomic E-state index is 0.0173. The predicted octanol–water partition coefficient (Wildman–Crippen LogP) is 4.89. The summed E-state index contributed by atoms with van der Waals surface area (Å²) in [6.45, 7) is 5.36. The zero-order chi connectivity index (χ0) is 20.1. The summed E-state index contributed by atoms with van der Waals surface area (Å²) in [5, 5.41) is 6.48. The van der Waals surface area contributed by atoms with Gasteiger partial charge in [-0.1, -0.05) is 23.7 Å². The highest BCUT2D eigenvalue weighted by Crippen LogP contribution is 2.28. The molecule has 1 aliphatic heterocycles. The summed E-state index contributed by atoms with van der Waals surface area (Å²) in [5.41, 5.74) is 2.40. The van der Waals surface area contributed by atoms with E-state index in [1.165, 1.54) is 0 Å². The average Bonchev–Trinajstić information content (AvgIpc) is 2.69. The lowest BCUT2D eigenvalue weighted by molar-refractivity contribution is 0.102. The fourth-order valence-corrected chi connectivity index (χ4v) is 3.57. The van der Waals surface area contributed by atoms with E-state index in [1.807, 2.05) is 36.9 Å². The van der Waals surface area contributed by atoms with Crippen molar-refractivity contribution in [2.75, 3.05) is 18.4 Å². The number of nitrogens with one attached hydrogen (secondary N) is 2. The highest BCUT2D eigenvalue weighted by Gasteiger charge is 2.25. The lowest BCUT2D eigenvalue weighted by Gasteiger charge is -2.33. The van der Waals surface area contributed by atoms with Gasteiger partial charge in [-0.2, -0.15) is 0 Å². The van der Waals surface area contributed by atoms with E-state index in [0.29, 0.717) is 22.8 Å². The zero-order valence-corrected chi connectivity index (χ0v) is 17.0. The molecule has 28 heavy (non-hydrogen) atoms. The highest BCUT2D eigenvalue weighted by atomic mass is 35.5. The number of likely N-dealkylation sites (tertiary alicyclic amines) is 1. The van der Waals surface area contributed by atoms with Crippen LogP contribution >= 0.6 is 11.6 Å². The van der Waals surface area contributed by atoms with E-state index in [9.17, 15) is 9.59 Å². The Balaban J connectivity index is 1.69. The molecule has 1 saturated heterocycles. The van der Waals surface area contributed by atoms with E-state index >= 15 is 0 Å². The van der Waals surface area contributed by atoms with Crippen LogP contribution in [0.1, 0.15) is 48.5 Å². The van der Waals surface area contributed by atoms with Crippen LogP contribution in [0.25, 0.3) is 0 Å². The number of halogens is 1. The Morgan fingerprint density at radius 1 is 1.14 bits per heavy atom. The molecule has 1 aliphatic rings. The van der Waals surface area contributed by atoms with Crippen molar-refractivity contribution in [3.63, 3.8) is 0 Å². The zero-order valence-electron chi connectivity index (χ0n) is 16.2. The molecule has 2 aromatic carbocycles. The van der Waals surface area contributed by atoms with Crippen LogP contribution in [0.2, 0.25) is 5.02 Å². The van der Waals surface area contributed by atoms with Crippen LogP contribution < -0.4 is 10.6 Å². The maximum absolute atomic E-state index is 12.6. The van der Waals surface area contributed by atoms with Gasteiger partial charge in [0.05, 0.1) is 0 Å². The van der Waals surface area contributed by atoms with E-state index in [-0.39, 0.29) is 23.9 Å². The number of benzene rings is 2. The first-order valence-electron chi connectivity index (χ1n) is 9.64. The second-order valence-corrected chi connectivity index (χ2v) is 7.91. The molecule has 1 unspecified atom stereocenters. The van der Waals surface area contributed by atoms with Gasteiger partial charge in [0.15, 0.2) is 0 Å². The molecule has 0 saturated carbocycles. The summed E-state index contributed by atoms with van der Waals surface area (Å²) < 4.78 is 0. The van der Waals surface area contributed by atoms with E-state index < -0.39 is 0 Å². The number of urea groups is 1. The largest absolute Gasteiger partial charge is 0.336 e. The van der Waals surface area contributed by atoms with E-state index in [0.717, 1.165) is 24.9 Å². The van der Waals surface area contributed by atoms with Gasteiger partial charge >= 0.3 is 6.03 Å². The Labute approximate surface area is 171 Å². The third-order valence-electron chi connectivity index (χ3n) is 4.84. The van der Waals surface area contributed by atoms with Gasteiger partial charge in [0.1, 0.15) is 0 Å². The molecule has 0 radical (unpaired) electrons. The summed E-state index contributed by atoms with van der Waals surface area (Å²) in [7, 11) is 0. The highest BCUT2D eigenvalue weighted by molar-refractivity contribution is 6.30. The molecule has 5 nitrogen and oxygen atoms in total. The standard InChI is InChI=1S/C22H26ClN3O2/c1-15(2)24-22(28)26-12-4-7-18(14-26)16-5-3-6-17(13-16)21(27)25-20-10-8-19(23)9-11-20/h3,5-6,8-11,13,15,18H,4,7,12,14H2,1-2H3,(H,24,28)(H,25,27). The molecule has 0 aliphatic carbocycles. The predicted molar refractivity (Wildman–Crippen MR) is 113 cm³/mol. The monoisotopic (exact) mass is 399 g/mol. The Morgan fingerprint density at radius 2 is 1.89 bits per heavy atom. The molecule has 0 aromatic heterocycles. The Morgan fingerprint density at radius 3 is 2.61 bits per heavy atom. The van der Waals surface area contributed by atoms with Gasteiger partial charge in [0, 0.05) is 41.3 Å². The van der Waals surface area contributed by atoms with Gasteiger partial charge in [-0.3, -0.25) is 4.79 Å². The molecule has 148 valence electrons. The number of nitrogens with zero attached hydrogens (tertiary/aromatic N) is 1. The van der Waals surface area contributed by atoms with Gasteiger partial charge in [0.2, 0.25) is 0 Å². The van der Waals surface area contributed by atoms with Crippen molar-refractivity contribution < 1.29 is 9.59 Å². The van der Waals surface area contributed by atoms with Crippen LogP contribution in [0.3, 0.4) is 0 Å². The normalized spacial score (nSPS) is 16.7. The van der Waals surface area contributed by atoms with Gasteiger partial charge in [-0.25, -0.2) is 4.79 Å². The van der Waals surface area contributed by atoms with Crippen molar-refractivity contribution in [1.29, 1.82) is 0 Å². The number of hydrogen-bond donors (Lipinski definition) is 2. The second-order valence-electron chi connectivity index (χ2n) is 7.48. The first-order chi connectivity index (χ1) is 13.4. The third kappa shape index (κ3) is 5.26. The van der Waals surface area contributed by atoms with E-state index in [2.05, 4.69) is 10.6 Å². The number of carbonyl (C=O) groups excluding carboxylic acids is 2. The first-order valence-corrected chi connectivity index (χ1v) is 10.0. The molecule has 2 N–H and O–H groups in total. The maximum Gasteiger partial charge on any atom is 0.317 e. The minimum atomic E-state index is -0.158. The molecule has 1 atom stereocenters. The molecule has 0 bridgehead atoms. The van der Waals surface area contributed by atoms with Crippen LogP contribution in [0.5, 0.6) is 0 Å². The Bertz CT molecular complexity index is 836. The molecule has 1 fully saturated rings. The molecule has 6 heteroatoms. The van der Waals surface area contributed by atoms with Gasteiger partial charge < -0.3 is 15.5 Å². The molecule has 3 amide bonds. The Kier molecular flexibility index (Phi) is 6.57. The summed E-state index contributed by atoms with van der Waals surface area (Å²) in [6.07, 6.45) is 1.96. The maximum atomic E-state index is 12.6. The number of piperidine rings is 1. The third-order valence-corrected chi connectivity index (χ3v) is 5.10. The summed E-state index contributed by atoms with van der Waals surface area (Å²) >= 11 is 5.89. The first kappa shape index (κ1) is 20.2. The van der Waals surface area contributed by atoms with Crippen LogP contribution in [0, 0.1) is 0 Å². The average molecular weight is 400 g/mol. The number of amides is 3. The van der Waals surface area contributed by atoms with Gasteiger partial charge in [-0.15, -0.1) is 0 Å². The molecule has 1 heterocycles. The molecular weight excluding hydrogens is 374 g/mol. The number of carbonyl (C=O) groups is 2. The van der Waals surface area contributed by atoms with Crippen molar-refractivity contribution in [3.8, 4) is 0 Å². The van der Waals surface area contributed by atoms with Crippen LogP contribution in [0.4, 0.5) is 10.5 Å². The van der Waals surface area contributed by atoms with Gasteiger partial charge in [0.25, 0.3) is 5.91 Å². The lowest BCUT2D eigenvalue weighted by atomic mass is 9.89. The van der Waals surface area contributed by atoms with Crippen LogP contribution in [0.15, 0.2) is 48.5 Å². The number of hydrogen-bond acceptors (Lipinski definition) is 2. The minimum Gasteiger partial charge on any atom is -0.336 e. The number of rotatable bonds is 4. The summed E-state index contributed by atoms with van der Waals surface area (Å²) in [6, 6.07) is 14.8. The fourth-order valence-electron chi connectivity index (χ4n) is 3.44. The lowest BCUT2D eigenvalue weighted by Crippen LogP contribution is -2.47.